The fourth-order valence-electron chi connectivity index (χ4n) is 2.11. The van der Waals surface area contributed by atoms with Gasteiger partial charge in [0.1, 0.15) is 12.4 Å². The Morgan fingerprint density at radius 3 is 2.57 bits per heavy atom. The highest BCUT2D eigenvalue weighted by Gasteiger charge is 2.12. The molecule has 0 atom stereocenters. The van der Waals surface area contributed by atoms with Crippen molar-refractivity contribution in [2.75, 3.05) is 5.73 Å². The van der Waals surface area contributed by atoms with Crippen LogP contribution in [0.25, 0.3) is 0 Å². The first-order valence-corrected chi connectivity index (χ1v) is 7.61. The number of aryl methyl sites for hydroxylation is 1. The molecule has 2 nitrogen and oxygen atoms in total. The number of ether oxygens (including phenoxy) is 1. The molecule has 21 heavy (non-hydrogen) atoms. The molecule has 0 unspecified atom stereocenters. The lowest BCUT2D eigenvalue weighted by Gasteiger charge is -2.17. The lowest BCUT2D eigenvalue weighted by Crippen LogP contribution is -2.03. The Morgan fingerprint density at radius 2 is 1.90 bits per heavy atom. The van der Waals surface area contributed by atoms with Gasteiger partial charge in [-0.1, -0.05) is 49.2 Å². The molecule has 2 N–H and O–H groups in total. The second kappa shape index (κ2) is 6.59. The van der Waals surface area contributed by atoms with Crippen LogP contribution in [0.3, 0.4) is 0 Å². The third kappa shape index (κ3) is 3.63. The number of nitrogen functional groups attached to an aromatic ring is 1. The highest BCUT2D eigenvalue weighted by atomic mass is 35.5. The van der Waals surface area contributed by atoms with Crippen molar-refractivity contribution in [3.05, 3.63) is 57.1 Å². The second-order valence-electron chi connectivity index (χ2n) is 5.40. The van der Waals surface area contributed by atoms with Crippen LogP contribution in [0.15, 0.2) is 30.3 Å². The summed E-state index contributed by atoms with van der Waals surface area (Å²) in [6.07, 6.45) is 0. The summed E-state index contributed by atoms with van der Waals surface area (Å²) < 4.78 is 5.96. The van der Waals surface area contributed by atoms with Crippen LogP contribution in [0.5, 0.6) is 5.75 Å². The monoisotopic (exact) mass is 323 g/mol. The summed E-state index contributed by atoms with van der Waals surface area (Å²) in [5.41, 5.74) is 9.74. The lowest BCUT2D eigenvalue weighted by molar-refractivity contribution is 0.302. The van der Waals surface area contributed by atoms with E-state index in [9.17, 15) is 0 Å². The fourth-order valence-corrected chi connectivity index (χ4v) is 2.48. The molecule has 2 aromatic rings. The Balaban J connectivity index is 2.27. The van der Waals surface area contributed by atoms with Crippen LogP contribution in [0.1, 0.15) is 36.5 Å². The maximum Gasteiger partial charge on any atom is 0.123 e. The van der Waals surface area contributed by atoms with Gasteiger partial charge in [-0.15, -0.1) is 0 Å². The minimum atomic E-state index is 0.331. The highest BCUT2D eigenvalue weighted by Crippen LogP contribution is 2.32. The van der Waals surface area contributed by atoms with Gasteiger partial charge in [-0.3, -0.25) is 0 Å². The van der Waals surface area contributed by atoms with Gasteiger partial charge in [-0.25, -0.2) is 0 Å². The van der Waals surface area contributed by atoms with Crippen molar-refractivity contribution in [2.24, 2.45) is 0 Å². The molecular formula is C17H19Cl2NO. The van der Waals surface area contributed by atoms with Gasteiger partial charge < -0.3 is 10.5 Å². The summed E-state index contributed by atoms with van der Waals surface area (Å²) >= 11 is 12.2. The maximum absolute atomic E-state index is 6.19. The molecule has 0 saturated carbocycles. The molecule has 112 valence electrons. The van der Waals surface area contributed by atoms with Gasteiger partial charge in [0.15, 0.2) is 0 Å². The highest BCUT2D eigenvalue weighted by molar-refractivity contribution is 6.42. The molecule has 0 aliphatic heterocycles. The van der Waals surface area contributed by atoms with Crippen LogP contribution in [0.4, 0.5) is 5.69 Å². The van der Waals surface area contributed by atoms with Gasteiger partial charge >= 0.3 is 0 Å². The molecule has 4 heteroatoms. The first-order chi connectivity index (χ1) is 9.90. The minimum Gasteiger partial charge on any atom is -0.489 e. The van der Waals surface area contributed by atoms with Crippen molar-refractivity contribution in [3.63, 3.8) is 0 Å². The molecule has 0 aliphatic rings. The number of hydrogen-bond acceptors (Lipinski definition) is 2. The van der Waals surface area contributed by atoms with E-state index in [1.165, 1.54) is 0 Å². The number of hydrogen-bond donors (Lipinski definition) is 1. The van der Waals surface area contributed by atoms with Crippen molar-refractivity contribution in [3.8, 4) is 5.75 Å². The van der Waals surface area contributed by atoms with Crippen molar-refractivity contribution in [1.29, 1.82) is 0 Å². The van der Waals surface area contributed by atoms with Crippen molar-refractivity contribution >= 4 is 28.9 Å². The molecule has 0 spiro atoms. The van der Waals surface area contributed by atoms with Gasteiger partial charge in [0.05, 0.1) is 10.0 Å². The molecule has 0 heterocycles. The molecule has 2 rings (SSSR count). The normalized spacial score (nSPS) is 11.0. The van der Waals surface area contributed by atoms with E-state index < -0.39 is 0 Å². The molecule has 0 bridgehead atoms. The summed E-state index contributed by atoms with van der Waals surface area (Å²) in [5.74, 6) is 1.17. The molecule has 0 saturated heterocycles. The SMILES string of the molecule is Cc1cc(OCc2cccc(Cl)c2Cl)c(C(C)C)cc1N. The summed E-state index contributed by atoms with van der Waals surface area (Å²) in [5, 5.41) is 1.08. The van der Waals surface area contributed by atoms with Crippen LogP contribution in [0.2, 0.25) is 10.0 Å². The van der Waals surface area contributed by atoms with Gasteiger partial charge in [0, 0.05) is 11.3 Å². The number of halogens is 2. The van der Waals surface area contributed by atoms with Gasteiger partial charge in [0.2, 0.25) is 0 Å². The molecule has 0 amide bonds. The molecule has 0 aromatic heterocycles. The van der Waals surface area contributed by atoms with Crippen molar-refractivity contribution in [2.45, 2.75) is 33.3 Å². The fraction of sp³-hybridized carbons (Fsp3) is 0.294. The smallest absolute Gasteiger partial charge is 0.123 e. The molecule has 0 radical (unpaired) electrons. The summed E-state index contributed by atoms with van der Waals surface area (Å²) in [6, 6.07) is 9.50. The Morgan fingerprint density at radius 1 is 1.19 bits per heavy atom. The largest absolute Gasteiger partial charge is 0.489 e. The van der Waals surface area contributed by atoms with E-state index in [0.717, 1.165) is 28.1 Å². The standard InChI is InChI=1S/C17H19Cl2NO/c1-10(2)13-8-15(20)11(3)7-16(13)21-9-12-5-4-6-14(18)17(12)19/h4-8,10H,9,20H2,1-3H3. The van der Waals surface area contributed by atoms with Crippen LogP contribution in [-0.2, 0) is 6.61 Å². The summed E-state index contributed by atoms with van der Waals surface area (Å²) in [7, 11) is 0. The van der Waals surface area contributed by atoms with E-state index in [-0.39, 0.29) is 0 Å². The van der Waals surface area contributed by atoms with Crippen LogP contribution < -0.4 is 10.5 Å². The maximum atomic E-state index is 6.19. The van der Waals surface area contributed by atoms with E-state index >= 15 is 0 Å². The number of anilines is 1. The number of nitrogens with two attached hydrogens (primary N) is 1. The summed E-state index contributed by atoms with van der Waals surface area (Å²) in [6.45, 7) is 6.58. The van der Waals surface area contributed by atoms with Gasteiger partial charge in [0.25, 0.3) is 0 Å². The minimum absolute atomic E-state index is 0.331. The molecule has 0 fully saturated rings. The Hall–Kier alpha value is -1.38. The Bertz CT molecular complexity index is 653. The predicted octanol–water partition coefficient (Wildman–Crippen LogP) is 5.59. The topological polar surface area (TPSA) is 35.2 Å². The zero-order valence-corrected chi connectivity index (χ0v) is 13.9. The van der Waals surface area contributed by atoms with Crippen molar-refractivity contribution in [1.82, 2.24) is 0 Å². The molecular weight excluding hydrogens is 305 g/mol. The van der Waals surface area contributed by atoms with Gasteiger partial charge in [-0.05, 0) is 42.2 Å². The number of benzene rings is 2. The van der Waals surface area contributed by atoms with E-state index in [1.807, 2.05) is 31.2 Å². The third-order valence-electron chi connectivity index (χ3n) is 3.44. The van der Waals surface area contributed by atoms with E-state index in [2.05, 4.69) is 13.8 Å². The quantitative estimate of drug-likeness (QED) is 0.744. The number of rotatable bonds is 4. The van der Waals surface area contributed by atoms with E-state index in [0.29, 0.717) is 22.6 Å². The Kier molecular flexibility index (Phi) is 5.02. The third-order valence-corrected chi connectivity index (χ3v) is 4.29. The average molecular weight is 324 g/mol. The van der Waals surface area contributed by atoms with Crippen LogP contribution in [-0.4, -0.2) is 0 Å². The Labute approximate surface area is 135 Å². The molecule has 2 aromatic carbocycles. The lowest BCUT2D eigenvalue weighted by atomic mass is 9.99. The predicted molar refractivity (Wildman–Crippen MR) is 90.5 cm³/mol. The van der Waals surface area contributed by atoms with E-state index in [1.54, 1.807) is 6.07 Å². The molecule has 0 aliphatic carbocycles. The van der Waals surface area contributed by atoms with Crippen LogP contribution in [0, 0.1) is 6.92 Å². The first kappa shape index (κ1) is 16.0. The zero-order valence-electron chi connectivity index (χ0n) is 12.4. The van der Waals surface area contributed by atoms with Crippen LogP contribution >= 0.6 is 23.2 Å². The second-order valence-corrected chi connectivity index (χ2v) is 6.19. The average Bonchev–Trinajstić information content (AvgIpc) is 2.43. The first-order valence-electron chi connectivity index (χ1n) is 6.86. The van der Waals surface area contributed by atoms with E-state index in [4.69, 9.17) is 33.7 Å². The van der Waals surface area contributed by atoms with Gasteiger partial charge in [-0.2, -0.15) is 0 Å². The summed E-state index contributed by atoms with van der Waals surface area (Å²) in [4.78, 5) is 0. The zero-order chi connectivity index (χ0) is 15.6. The van der Waals surface area contributed by atoms with Crippen molar-refractivity contribution < 1.29 is 4.74 Å².